The molecule has 0 amide bonds. The minimum atomic E-state index is -0.288. The minimum Gasteiger partial charge on any atom is -0.467 e. The van der Waals surface area contributed by atoms with Crippen molar-refractivity contribution in [3.05, 3.63) is 66.2 Å². The van der Waals surface area contributed by atoms with Gasteiger partial charge in [-0.15, -0.1) is 10.2 Å². The lowest BCUT2D eigenvalue weighted by atomic mass is 10.2. The number of benzene rings is 1. The van der Waals surface area contributed by atoms with Crippen LogP contribution < -0.4 is 5.32 Å². The van der Waals surface area contributed by atoms with Crippen LogP contribution in [0.5, 0.6) is 0 Å². The van der Waals surface area contributed by atoms with Crippen LogP contribution in [0.1, 0.15) is 11.5 Å². The second-order valence-corrected chi connectivity index (χ2v) is 7.45. The fourth-order valence-electron chi connectivity index (χ4n) is 2.15. The molecule has 1 N–H and O–H groups in total. The number of aromatic nitrogens is 3. The van der Waals surface area contributed by atoms with E-state index >= 15 is 0 Å². The van der Waals surface area contributed by atoms with Gasteiger partial charge in [0, 0.05) is 11.3 Å². The van der Waals surface area contributed by atoms with Crippen LogP contribution in [0, 0.1) is 5.82 Å². The molecule has 6 nitrogen and oxygen atoms in total. The first-order valence-electron chi connectivity index (χ1n) is 7.69. The Bertz CT molecular complexity index is 967. The van der Waals surface area contributed by atoms with E-state index in [4.69, 9.17) is 8.83 Å². The lowest BCUT2D eigenvalue weighted by Gasteiger charge is -1.96. The summed E-state index contributed by atoms with van der Waals surface area (Å²) in [4.78, 5) is 4.42. The summed E-state index contributed by atoms with van der Waals surface area (Å²) in [6.45, 7) is 0.566. The molecule has 0 bridgehead atoms. The molecule has 4 rings (SSSR count). The largest absolute Gasteiger partial charge is 0.467 e. The molecule has 0 aliphatic rings. The van der Waals surface area contributed by atoms with Gasteiger partial charge in [-0.2, -0.15) is 0 Å². The first-order chi connectivity index (χ1) is 12.8. The summed E-state index contributed by atoms with van der Waals surface area (Å²) < 4.78 is 24.5. The van der Waals surface area contributed by atoms with Crippen molar-refractivity contribution in [1.29, 1.82) is 0 Å². The molecule has 0 saturated carbocycles. The average Bonchev–Trinajstić information content (AvgIpc) is 3.40. The Balaban J connectivity index is 1.32. The fourth-order valence-corrected chi connectivity index (χ4v) is 3.77. The molecule has 0 aliphatic heterocycles. The third-order valence-corrected chi connectivity index (χ3v) is 5.43. The van der Waals surface area contributed by atoms with E-state index in [9.17, 15) is 4.39 Å². The van der Waals surface area contributed by atoms with Crippen molar-refractivity contribution >= 4 is 28.2 Å². The Labute approximate surface area is 156 Å². The van der Waals surface area contributed by atoms with Gasteiger partial charge in [-0.3, -0.25) is 0 Å². The molecule has 0 aliphatic carbocycles. The Morgan fingerprint density at radius 2 is 2.00 bits per heavy atom. The van der Waals surface area contributed by atoms with Gasteiger partial charge < -0.3 is 14.2 Å². The number of anilines is 1. The number of nitrogens with one attached hydrogen (secondary N) is 1. The second-order valence-electron chi connectivity index (χ2n) is 5.25. The van der Waals surface area contributed by atoms with Gasteiger partial charge in [0.1, 0.15) is 17.8 Å². The van der Waals surface area contributed by atoms with Crippen LogP contribution in [0.2, 0.25) is 0 Å². The van der Waals surface area contributed by atoms with E-state index in [2.05, 4.69) is 20.5 Å². The molecular weight excluding hydrogens is 375 g/mol. The Morgan fingerprint density at radius 1 is 1.12 bits per heavy atom. The maximum absolute atomic E-state index is 13.0. The average molecular weight is 388 g/mol. The molecule has 9 heteroatoms. The summed E-state index contributed by atoms with van der Waals surface area (Å²) in [5, 5.41) is 12.1. The first kappa shape index (κ1) is 16.8. The van der Waals surface area contributed by atoms with E-state index in [-0.39, 0.29) is 5.82 Å². The maximum Gasteiger partial charge on any atom is 0.226 e. The number of rotatable bonds is 7. The highest BCUT2D eigenvalue weighted by Crippen LogP contribution is 2.29. The number of oxazole rings is 1. The number of nitrogens with zero attached hydrogens (tertiary/aromatic N) is 3. The smallest absolute Gasteiger partial charge is 0.226 e. The summed E-state index contributed by atoms with van der Waals surface area (Å²) in [6, 6.07) is 9.78. The minimum absolute atomic E-state index is 0.288. The molecule has 1 aromatic carbocycles. The Hall–Kier alpha value is -2.65. The van der Waals surface area contributed by atoms with Crippen molar-refractivity contribution in [2.75, 3.05) is 5.32 Å². The van der Waals surface area contributed by atoms with E-state index < -0.39 is 0 Å². The number of hydrogen-bond acceptors (Lipinski definition) is 8. The lowest BCUT2D eigenvalue weighted by molar-refractivity contribution is 0.518. The van der Waals surface area contributed by atoms with Gasteiger partial charge in [0.15, 0.2) is 4.34 Å². The third-order valence-electron chi connectivity index (χ3n) is 3.39. The van der Waals surface area contributed by atoms with Crippen LogP contribution in [-0.4, -0.2) is 15.2 Å². The van der Waals surface area contributed by atoms with Gasteiger partial charge in [0.2, 0.25) is 11.0 Å². The summed E-state index contributed by atoms with van der Waals surface area (Å²) in [5.41, 5.74) is 1.53. The molecule has 0 atom stereocenters. The van der Waals surface area contributed by atoms with Crippen LogP contribution in [0.3, 0.4) is 0 Å². The zero-order chi connectivity index (χ0) is 17.8. The normalized spacial score (nSPS) is 11.0. The Morgan fingerprint density at radius 3 is 2.81 bits per heavy atom. The van der Waals surface area contributed by atoms with Gasteiger partial charge in [0.25, 0.3) is 0 Å². The summed E-state index contributed by atoms with van der Waals surface area (Å²) in [7, 11) is 0. The van der Waals surface area contributed by atoms with Crippen molar-refractivity contribution in [3.8, 4) is 11.5 Å². The van der Waals surface area contributed by atoms with Crippen molar-refractivity contribution in [3.63, 3.8) is 0 Å². The quantitative estimate of drug-likeness (QED) is 0.454. The topological polar surface area (TPSA) is 77.0 Å². The van der Waals surface area contributed by atoms with E-state index in [0.717, 1.165) is 26.5 Å². The summed E-state index contributed by atoms with van der Waals surface area (Å²) in [6.07, 6.45) is 3.24. The number of hydrogen-bond donors (Lipinski definition) is 1. The van der Waals surface area contributed by atoms with Gasteiger partial charge in [-0.1, -0.05) is 23.1 Å². The van der Waals surface area contributed by atoms with Gasteiger partial charge >= 0.3 is 0 Å². The summed E-state index contributed by atoms with van der Waals surface area (Å²) in [5.74, 6) is 1.63. The molecule has 0 saturated heterocycles. The predicted molar refractivity (Wildman–Crippen MR) is 97.4 cm³/mol. The SMILES string of the molecule is Fc1ccc(-c2nc(CSc3nnc(NCc4ccco4)s3)co2)cc1. The highest BCUT2D eigenvalue weighted by atomic mass is 32.2. The Kier molecular flexibility index (Phi) is 4.98. The van der Waals surface area contributed by atoms with Crippen LogP contribution in [0.15, 0.2) is 62.1 Å². The summed E-state index contributed by atoms with van der Waals surface area (Å²) >= 11 is 2.99. The monoisotopic (exact) mass is 388 g/mol. The first-order valence-corrected chi connectivity index (χ1v) is 9.49. The fraction of sp³-hybridized carbons (Fsp3) is 0.118. The molecule has 3 aromatic heterocycles. The van der Waals surface area contributed by atoms with E-state index in [1.54, 1.807) is 24.7 Å². The molecule has 0 spiro atoms. The zero-order valence-electron chi connectivity index (χ0n) is 13.4. The molecule has 26 heavy (non-hydrogen) atoms. The molecule has 0 unspecified atom stereocenters. The second kappa shape index (κ2) is 7.71. The standard InChI is InChI=1S/C17H13FN4O2S2/c18-12-5-3-11(4-6-12)15-20-13(9-24-15)10-25-17-22-21-16(26-17)19-8-14-2-1-7-23-14/h1-7,9H,8,10H2,(H,19,21). The molecule has 0 radical (unpaired) electrons. The molecule has 3 heterocycles. The van der Waals surface area contributed by atoms with Crippen molar-refractivity contribution < 1.29 is 13.2 Å². The van der Waals surface area contributed by atoms with Crippen LogP contribution in [0.25, 0.3) is 11.5 Å². The number of furan rings is 1. The predicted octanol–water partition coefficient (Wildman–Crippen LogP) is 4.83. The maximum atomic E-state index is 13.0. The zero-order valence-corrected chi connectivity index (χ0v) is 15.0. The number of thioether (sulfide) groups is 1. The van der Waals surface area contributed by atoms with Crippen LogP contribution in [-0.2, 0) is 12.3 Å². The molecule has 4 aromatic rings. The van der Waals surface area contributed by atoms with E-state index in [0.29, 0.717) is 18.2 Å². The van der Waals surface area contributed by atoms with E-state index in [1.807, 2.05) is 12.1 Å². The lowest BCUT2D eigenvalue weighted by Crippen LogP contribution is -1.96. The van der Waals surface area contributed by atoms with Crippen molar-refractivity contribution in [2.45, 2.75) is 16.6 Å². The van der Waals surface area contributed by atoms with Crippen LogP contribution in [0.4, 0.5) is 9.52 Å². The molecule has 0 fully saturated rings. The highest BCUT2D eigenvalue weighted by Gasteiger charge is 2.10. The third kappa shape index (κ3) is 4.12. The van der Waals surface area contributed by atoms with Gasteiger partial charge in [-0.05, 0) is 36.4 Å². The molecular formula is C17H13FN4O2S2. The van der Waals surface area contributed by atoms with Crippen LogP contribution >= 0.6 is 23.1 Å². The van der Waals surface area contributed by atoms with Gasteiger partial charge in [0.05, 0.1) is 18.5 Å². The highest BCUT2D eigenvalue weighted by molar-refractivity contribution is 8.00. The molecule has 132 valence electrons. The van der Waals surface area contributed by atoms with Gasteiger partial charge in [-0.25, -0.2) is 9.37 Å². The van der Waals surface area contributed by atoms with E-state index in [1.165, 1.54) is 35.2 Å². The van der Waals surface area contributed by atoms with Crippen molar-refractivity contribution in [1.82, 2.24) is 15.2 Å². The number of halogens is 1. The van der Waals surface area contributed by atoms with Crippen molar-refractivity contribution in [2.24, 2.45) is 0 Å².